The summed E-state index contributed by atoms with van der Waals surface area (Å²) in [6.07, 6.45) is 3.08. The van der Waals surface area contributed by atoms with Gasteiger partial charge in [0.05, 0.1) is 12.1 Å². The van der Waals surface area contributed by atoms with Crippen molar-refractivity contribution in [1.82, 2.24) is 10.3 Å². The highest BCUT2D eigenvalue weighted by Gasteiger charge is 2.19. The van der Waals surface area contributed by atoms with Gasteiger partial charge in [0.1, 0.15) is 6.26 Å². The molecule has 5 nitrogen and oxygen atoms in total. The summed E-state index contributed by atoms with van der Waals surface area (Å²) in [6.45, 7) is 4.01. The number of carbonyl (C=O) groups excluding carboxylic acids is 1. The lowest BCUT2D eigenvalue weighted by atomic mass is 9.99. The minimum Gasteiger partial charge on any atom is -0.446 e. The summed E-state index contributed by atoms with van der Waals surface area (Å²) >= 11 is 0. The lowest BCUT2D eigenvalue weighted by molar-refractivity contribution is 0.0935. The second kappa shape index (κ2) is 7.49. The zero-order valence-electron chi connectivity index (χ0n) is 14.5. The van der Waals surface area contributed by atoms with Gasteiger partial charge in [-0.25, -0.2) is 4.98 Å². The summed E-state index contributed by atoms with van der Waals surface area (Å²) in [7, 11) is 0. The number of oxazole rings is 1. The fourth-order valence-corrected chi connectivity index (χ4v) is 2.97. The van der Waals surface area contributed by atoms with Crippen LogP contribution in [0.4, 0.5) is 0 Å². The number of hydrogen-bond acceptors (Lipinski definition) is 4. The molecule has 0 saturated heterocycles. The Balaban J connectivity index is 1.76. The first-order valence-electron chi connectivity index (χ1n) is 8.59. The predicted octanol–water partition coefficient (Wildman–Crippen LogP) is 4.12. The van der Waals surface area contributed by atoms with Crippen LogP contribution < -0.4 is 11.1 Å². The lowest BCUT2D eigenvalue weighted by Crippen LogP contribution is -2.27. The fraction of sp³-hybridized carbons (Fsp3) is 0.300. The highest BCUT2D eigenvalue weighted by Crippen LogP contribution is 2.24. The van der Waals surface area contributed by atoms with Crippen LogP contribution in [0.1, 0.15) is 60.7 Å². The third-order valence-corrected chi connectivity index (χ3v) is 4.31. The second-order valence-electron chi connectivity index (χ2n) is 6.23. The largest absolute Gasteiger partial charge is 0.446 e. The number of benzene rings is 2. The van der Waals surface area contributed by atoms with E-state index in [1.165, 1.54) is 6.26 Å². The van der Waals surface area contributed by atoms with Crippen molar-refractivity contribution in [2.45, 2.75) is 38.8 Å². The summed E-state index contributed by atoms with van der Waals surface area (Å²) in [5.74, 6) is 0.143. The van der Waals surface area contributed by atoms with E-state index >= 15 is 0 Å². The Kier molecular flexibility index (Phi) is 5.14. The molecule has 130 valence electrons. The van der Waals surface area contributed by atoms with E-state index in [9.17, 15) is 4.79 Å². The Morgan fingerprint density at radius 1 is 1.24 bits per heavy atom. The molecule has 1 heterocycles. The van der Waals surface area contributed by atoms with Gasteiger partial charge < -0.3 is 15.5 Å². The molecule has 0 aliphatic carbocycles. The monoisotopic (exact) mass is 337 g/mol. The van der Waals surface area contributed by atoms with Crippen molar-refractivity contribution in [3.05, 3.63) is 65.9 Å². The number of aromatic nitrogens is 1. The molecule has 0 aliphatic rings. The molecule has 0 spiro atoms. The molecule has 3 aromatic rings. The van der Waals surface area contributed by atoms with Crippen LogP contribution in [0, 0.1) is 0 Å². The zero-order chi connectivity index (χ0) is 17.8. The minimum absolute atomic E-state index is 0.150. The van der Waals surface area contributed by atoms with Crippen LogP contribution in [0.3, 0.4) is 0 Å². The number of carbonyl (C=O) groups is 1. The van der Waals surface area contributed by atoms with Gasteiger partial charge in [-0.3, -0.25) is 4.79 Å². The molecule has 2 atom stereocenters. The Bertz CT molecular complexity index is 867. The first-order chi connectivity index (χ1) is 12.1. The maximum Gasteiger partial charge on any atom is 0.273 e. The number of nitrogens with one attached hydrogen (secondary N) is 1. The van der Waals surface area contributed by atoms with Gasteiger partial charge in [0.15, 0.2) is 5.69 Å². The van der Waals surface area contributed by atoms with E-state index in [1.54, 1.807) is 0 Å². The van der Waals surface area contributed by atoms with Crippen LogP contribution >= 0.6 is 0 Å². The Morgan fingerprint density at radius 2 is 2.00 bits per heavy atom. The third kappa shape index (κ3) is 3.72. The summed E-state index contributed by atoms with van der Waals surface area (Å²) in [5, 5.41) is 5.26. The van der Waals surface area contributed by atoms with Gasteiger partial charge >= 0.3 is 0 Å². The second-order valence-corrected chi connectivity index (χ2v) is 6.23. The summed E-state index contributed by atoms with van der Waals surface area (Å²) in [6, 6.07) is 13.8. The molecular formula is C20H23N3O2. The fourth-order valence-electron chi connectivity index (χ4n) is 2.97. The van der Waals surface area contributed by atoms with Crippen molar-refractivity contribution in [3.63, 3.8) is 0 Å². The first kappa shape index (κ1) is 17.2. The number of hydrogen-bond donors (Lipinski definition) is 2. The summed E-state index contributed by atoms with van der Waals surface area (Å²) in [5.41, 5.74) is 7.31. The molecular weight excluding hydrogens is 314 g/mol. The van der Waals surface area contributed by atoms with Crippen LogP contribution in [0.15, 0.2) is 53.1 Å². The smallest absolute Gasteiger partial charge is 0.273 e. The van der Waals surface area contributed by atoms with Gasteiger partial charge in [-0.2, -0.15) is 0 Å². The standard InChI is InChI=1S/C20H23N3O2/c1-3-7-17(21)20-23-18(12-25-20)19(24)22-13(2)15-11-6-9-14-8-4-5-10-16(14)15/h4-6,8-13,17H,3,7,21H2,1-2H3,(H,22,24). The van der Waals surface area contributed by atoms with E-state index < -0.39 is 0 Å². The van der Waals surface area contributed by atoms with Gasteiger partial charge in [0, 0.05) is 0 Å². The topological polar surface area (TPSA) is 81.1 Å². The molecule has 25 heavy (non-hydrogen) atoms. The molecule has 1 amide bonds. The van der Waals surface area contributed by atoms with Crippen molar-refractivity contribution in [3.8, 4) is 0 Å². The number of fused-ring (bicyclic) bond motifs is 1. The average Bonchev–Trinajstić information content (AvgIpc) is 3.12. The zero-order valence-corrected chi connectivity index (χ0v) is 14.5. The Morgan fingerprint density at radius 3 is 2.80 bits per heavy atom. The molecule has 0 radical (unpaired) electrons. The first-order valence-corrected chi connectivity index (χ1v) is 8.59. The molecule has 0 saturated carbocycles. The maximum absolute atomic E-state index is 12.5. The number of nitrogens with two attached hydrogens (primary N) is 1. The van der Waals surface area contributed by atoms with E-state index in [2.05, 4.69) is 28.5 Å². The van der Waals surface area contributed by atoms with Gasteiger partial charge in [-0.05, 0) is 29.7 Å². The van der Waals surface area contributed by atoms with Crippen LogP contribution in [-0.4, -0.2) is 10.9 Å². The predicted molar refractivity (Wildman–Crippen MR) is 98.2 cm³/mol. The molecule has 2 unspecified atom stereocenters. The van der Waals surface area contributed by atoms with E-state index in [1.807, 2.05) is 38.1 Å². The number of amides is 1. The molecule has 0 fully saturated rings. The van der Waals surface area contributed by atoms with E-state index in [0.29, 0.717) is 5.89 Å². The maximum atomic E-state index is 12.5. The van der Waals surface area contributed by atoms with E-state index in [-0.39, 0.29) is 23.7 Å². The van der Waals surface area contributed by atoms with Gasteiger partial charge in [-0.1, -0.05) is 55.8 Å². The van der Waals surface area contributed by atoms with Crippen molar-refractivity contribution < 1.29 is 9.21 Å². The van der Waals surface area contributed by atoms with Crippen LogP contribution in [0.25, 0.3) is 10.8 Å². The van der Waals surface area contributed by atoms with Crippen LogP contribution in [0.5, 0.6) is 0 Å². The highest BCUT2D eigenvalue weighted by atomic mass is 16.3. The van der Waals surface area contributed by atoms with E-state index in [0.717, 1.165) is 29.2 Å². The van der Waals surface area contributed by atoms with Crippen molar-refractivity contribution in [1.29, 1.82) is 0 Å². The molecule has 1 aromatic heterocycles. The van der Waals surface area contributed by atoms with Crippen molar-refractivity contribution >= 4 is 16.7 Å². The molecule has 0 bridgehead atoms. The average molecular weight is 337 g/mol. The van der Waals surface area contributed by atoms with E-state index in [4.69, 9.17) is 10.2 Å². The number of nitrogens with zero attached hydrogens (tertiary/aromatic N) is 1. The van der Waals surface area contributed by atoms with Gasteiger partial charge in [0.25, 0.3) is 5.91 Å². The lowest BCUT2D eigenvalue weighted by Gasteiger charge is -2.15. The highest BCUT2D eigenvalue weighted by molar-refractivity contribution is 5.93. The summed E-state index contributed by atoms with van der Waals surface area (Å²) < 4.78 is 5.36. The summed E-state index contributed by atoms with van der Waals surface area (Å²) in [4.78, 5) is 16.7. The molecule has 3 rings (SSSR count). The minimum atomic E-state index is -0.276. The molecule has 3 N–H and O–H groups in total. The van der Waals surface area contributed by atoms with Crippen LogP contribution in [0.2, 0.25) is 0 Å². The van der Waals surface area contributed by atoms with Crippen molar-refractivity contribution in [2.75, 3.05) is 0 Å². The van der Waals surface area contributed by atoms with Gasteiger partial charge in [0.2, 0.25) is 5.89 Å². The van der Waals surface area contributed by atoms with Gasteiger partial charge in [-0.15, -0.1) is 0 Å². The quantitative estimate of drug-likeness (QED) is 0.709. The number of rotatable bonds is 6. The normalized spacial score (nSPS) is 13.6. The molecule has 0 aliphatic heterocycles. The van der Waals surface area contributed by atoms with Crippen LogP contribution in [-0.2, 0) is 0 Å². The molecule has 2 aromatic carbocycles. The van der Waals surface area contributed by atoms with Crippen molar-refractivity contribution in [2.24, 2.45) is 5.73 Å². The third-order valence-electron chi connectivity index (χ3n) is 4.31. The Labute approximate surface area is 147 Å². The Hall–Kier alpha value is -2.66. The molecule has 5 heteroatoms. The SMILES string of the molecule is CCCC(N)c1nc(C(=O)NC(C)c2cccc3ccccc23)co1.